The fourth-order valence-electron chi connectivity index (χ4n) is 3.21. The van der Waals surface area contributed by atoms with Gasteiger partial charge in [0.25, 0.3) is 5.91 Å². The molecule has 0 unspecified atom stereocenters. The number of hydrogen-bond acceptors (Lipinski definition) is 9. The predicted molar refractivity (Wildman–Crippen MR) is 127 cm³/mol. The van der Waals surface area contributed by atoms with E-state index in [1.165, 1.54) is 18.2 Å². The van der Waals surface area contributed by atoms with Crippen molar-refractivity contribution in [1.82, 2.24) is 4.90 Å². The Hall–Kier alpha value is -3.85. The van der Waals surface area contributed by atoms with Gasteiger partial charge in [0, 0.05) is 25.8 Å². The number of nitriles is 1. The molecule has 35 heavy (non-hydrogen) atoms. The predicted octanol–water partition coefficient (Wildman–Crippen LogP) is 3.34. The lowest BCUT2D eigenvalue weighted by Crippen LogP contribution is -2.39. The molecule has 3 N–H and O–H groups in total. The summed E-state index contributed by atoms with van der Waals surface area (Å²) in [4.78, 5) is 36.6. The molecule has 0 bridgehead atoms. The van der Waals surface area contributed by atoms with Gasteiger partial charge in [0.2, 0.25) is 5.71 Å². The van der Waals surface area contributed by atoms with E-state index in [2.05, 4.69) is 15.3 Å². The number of nitrogens with zero attached hydrogens (tertiary/aromatic N) is 3. The molecule has 0 atom stereocenters. The van der Waals surface area contributed by atoms with Crippen LogP contribution in [0.5, 0.6) is 11.5 Å². The number of rotatable bonds is 8. The first-order valence-electron chi connectivity index (χ1n) is 10.1. The fourth-order valence-corrected chi connectivity index (χ4v) is 3.77. The lowest BCUT2D eigenvalue weighted by molar-refractivity contribution is -0.129. The molecule has 13 heteroatoms. The Kier molecular flexibility index (Phi) is 8.48. The summed E-state index contributed by atoms with van der Waals surface area (Å²) in [6.07, 6.45) is -0.718. The topological polar surface area (TPSA) is 156 Å². The molecule has 0 saturated carbocycles. The van der Waals surface area contributed by atoms with Crippen LogP contribution in [0, 0.1) is 11.3 Å². The number of primary amides is 1. The number of halogens is 2. The first kappa shape index (κ1) is 25.8. The molecular formula is C22H19Cl2N5O6. The highest BCUT2D eigenvalue weighted by atomic mass is 35.5. The highest BCUT2D eigenvalue weighted by Crippen LogP contribution is 2.39. The number of ether oxygens (including phenoxy) is 3. The molecule has 3 rings (SSSR count). The van der Waals surface area contributed by atoms with Crippen molar-refractivity contribution < 1.29 is 28.6 Å². The van der Waals surface area contributed by atoms with Crippen molar-refractivity contribution in [1.29, 1.82) is 5.26 Å². The van der Waals surface area contributed by atoms with E-state index in [1.54, 1.807) is 30.2 Å². The zero-order valence-electron chi connectivity index (χ0n) is 18.3. The molecule has 2 amide bonds. The zero-order chi connectivity index (χ0) is 25.5. The average molecular weight is 520 g/mol. The quantitative estimate of drug-likeness (QED) is 0.232. The van der Waals surface area contributed by atoms with Crippen molar-refractivity contribution in [2.45, 2.75) is 6.42 Å². The molecule has 0 fully saturated rings. The van der Waals surface area contributed by atoms with Crippen LogP contribution in [0.3, 0.4) is 0 Å². The van der Waals surface area contributed by atoms with Crippen LogP contribution in [0.15, 0.2) is 35.4 Å². The van der Waals surface area contributed by atoms with Crippen molar-refractivity contribution in [2.24, 2.45) is 10.8 Å². The largest absolute Gasteiger partial charge is 0.454 e. The molecule has 2 aromatic carbocycles. The van der Waals surface area contributed by atoms with E-state index < -0.39 is 17.8 Å². The number of nitrogens with two attached hydrogens (primary N) is 1. The number of esters is 1. The highest BCUT2D eigenvalue weighted by molar-refractivity contribution is 6.44. The minimum atomic E-state index is -1.37. The second kappa shape index (κ2) is 11.5. The molecule has 1 heterocycles. The molecule has 0 aromatic heterocycles. The highest BCUT2D eigenvalue weighted by Gasteiger charge is 2.24. The Morgan fingerprint density at radius 1 is 1.26 bits per heavy atom. The number of fused-ring (bicyclic) bond motifs is 1. The Morgan fingerprint density at radius 3 is 2.60 bits per heavy atom. The number of hydrazone groups is 1. The van der Waals surface area contributed by atoms with E-state index >= 15 is 0 Å². The summed E-state index contributed by atoms with van der Waals surface area (Å²) in [6.45, 7) is 1.55. The lowest BCUT2D eigenvalue weighted by Gasteiger charge is -2.28. The average Bonchev–Trinajstić information content (AvgIpc) is 2.81. The third kappa shape index (κ3) is 6.39. The number of methoxy groups -OCH3 is 1. The lowest BCUT2D eigenvalue weighted by atomic mass is 9.98. The van der Waals surface area contributed by atoms with Gasteiger partial charge in [-0.3, -0.25) is 10.2 Å². The Balaban J connectivity index is 1.75. The van der Waals surface area contributed by atoms with E-state index in [1.807, 2.05) is 0 Å². The van der Waals surface area contributed by atoms with Crippen LogP contribution in [0.2, 0.25) is 10.0 Å². The molecule has 0 saturated heterocycles. The van der Waals surface area contributed by atoms with E-state index in [-0.39, 0.29) is 27.4 Å². The first-order chi connectivity index (χ1) is 16.7. The third-order valence-electron chi connectivity index (χ3n) is 4.82. The van der Waals surface area contributed by atoms with Crippen LogP contribution in [0.25, 0.3) is 0 Å². The maximum Gasteiger partial charge on any atom is 0.412 e. The monoisotopic (exact) mass is 519 g/mol. The second-order valence-corrected chi connectivity index (χ2v) is 7.93. The van der Waals surface area contributed by atoms with Gasteiger partial charge in [-0.1, -0.05) is 23.2 Å². The van der Waals surface area contributed by atoms with Crippen molar-refractivity contribution in [3.8, 4) is 17.6 Å². The Labute approximate surface area is 209 Å². The molecule has 0 aliphatic carbocycles. The van der Waals surface area contributed by atoms with Crippen LogP contribution in [0.4, 0.5) is 10.5 Å². The smallest absolute Gasteiger partial charge is 0.412 e. The maximum atomic E-state index is 12.7. The molecule has 182 valence electrons. The number of carbonyl (C=O) groups excluding carboxylic acids is 3. The van der Waals surface area contributed by atoms with Gasteiger partial charge >= 0.3 is 12.1 Å². The van der Waals surface area contributed by atoms with E-state index in [9.17, 15) is 14.4 Å². The first-order valence-corrected chi connectivity index (χ1v) is 10.8. The van der Waals surface area contributed by atoms with Crippen LogP contribution in [-0.2, 0) is 20.7 Å². The number of benzene rings is 2. The van der Waals surface area contributed by atoms with E-state index in [0.29, 0.717) is 37.4 Å². The second-order valence-electron chi connectivity index (χ2n) is 7.12. The number of amides is 2. The summed E-state index contributed by atoms with van der Waals surface area (Å²) in [6, 6.07) is 9.36. The third-order valence-corrected chi connectivity index (χ3v) is 5.38. The standard InChI is InChI=1S/C22H19Cl2N5O6/c1-33-7-6-29-5-4-12-8-14(2-3-15(12)20(29)30)34-19-16(23)9-13(10-17(19)24)27-28-18(11-25)21(31)35-22(26)32/h2-3,8-10,27H,4-7H2,1H3,(H2,26,32). The van der Waals surface area contributed by atoms with Gasteiger partial charge in [-0.2, -0.15) is 10.4 Å². The summed E-state index contributed by atoms with van der Waals surface area (Å²) < 4.78 is 15.0. The minimum absolute atomic E-state index is 0.0710. The summed E-state index contributed by atoms with van der Waals surface area (Å²) in [5.41, 5.74) is 8.07. The van der Waals surface area contributed by atoms with Crippen molar-refractivity contribution in [3.63, 3.8) is 0 Å². The summed E-state index contributed by atoms with van der Waals surface area (Å²) in [7, 11) is 1.59. The zero-order valence-corrected chi connectivity index (χ0v) is 19.9. The van der Waals surface area contributed by atoms with Gasteiger partial charge in [-0.25, -0.2) is 9.59 Å². The van der Waals surface area contributed by atoms with Gasteiger partial charge in [-0.05, 0) is 42.3 Å². The van der Waals surface area contributed by atoms with Crippen molar-refractivity contribution in [3.05, 3.63) is 51.5 Å². The minimum Gasteiger partial charge on any atom is -0.454 e. The van der Waals surface area contributed by atoms with E-state index in [4.69, 9.17) is 43.7 Å². The molecule has 1 aliphatic rings. The van der Waals surface area contributed by atoms with Crippen molar-refractivity contribution >= 4 is 52.6 Å². The van der Waals surface area contributed by atoms with Crippen LogP contribution < -0.4 is 15.9 Å². The molecule has 1 aliphatic heterocycles. The van der Waals surface area contributed by atoms with Gasteiger partial charge in [0.05, 0.1) is 22.3 Å². The number of anilines is 1. The summed E-state index contributed by atoms with van der Waals surface area (Å²) in [5.74, 6) is -0.804. The number of hydrogen-bond donors (Lipinski definition) is 2. The Bertz CT molecular complexity index is 1220. The Morgan fingerprint density at radius 2 is 1.97 bits per heavy atom. The molecule has 0 radical (unpaired) electrons. The number of nitrogens with one attached hydrogen (secondary N) is 1. The number of carbonyl (C=O) groups is 3. The van der Waals surface area contributed by atoms with E-state index in [0.717, 1.165) is 5.56 Å². The van der Waals surface area contributed by atoms with Crippen LogP contribution in [0.1, 0.15) is 15.9 Å². The van der Waals surface area contributed by atoms with Crippen molar-refractivity contribution in [2.75, 3.05) is 32.2 Å². The molecular weight excluding hydrogens is 501 g/mol. The SMILES string of the molecule is COCCN1CCc2cc(Oc3c(Cl)cc(NN=C(C#N)C(=O)OC(N)=O)cc3Cl)ccc2C1=O. The summed E-state index contributed by atoms with van der Waals surface area (Å²) in [5, 5.41) is 12.8. The maximum absolute atomic E-state index is 12.7. The van der Waals surface area contributed by atoms with Crippen LogP contribution in [-0.4, -0.2) is 55.4 Å². The van der Waals surface area contributed by atoms with Gasteiger partial charge in [-0.15, -0.1) is 0 Å². The molecule has 0 spiro atoms. The molecule has 11 nitrogen and oxygen atoms in total. The fraction of sp³-hybridized carbons (Fsp3) is 0.227. The van der Waals surface area contributed by atoms with Gasteiger partial charge < -0.3 is 24.8 Å². The van der Waals surface area contributed by atoms with Gasteiger partial charge in [0.15, 0.2) is 5.75 Å². The molecule has 2 aromatic rings. The normalized spacial score (nSPS) is 13.0. The summed E-state index contributed by atoms with van der Waals surface area (Å²) >= 11 is 12.6. The van der Waals surface area contributed by atoms with Gasteiger partial charge in [0.1, 0.15) is 11.8 Å². The van der Waals surface area contributed by atoms with Crippen LogP contribution >= 0.6 is 23.2 Å².